The smallest absolute Gasteiger partial charge is 0.244 e. The maximum absolute atomic E-state index is 12.7. The summed E-state index contributed by atoms with van der Waals surface area (Å²) in [6.07, 6.45) is 1.45. The molecule has 0 radical (unpaired) electrons. The van der Waals surface area contributed by atoms with Gasteiger partial charge in [0.1, 0.15) is 4.90 Å². The minimum absolute atomic E-state index is 0.0601. The molecule has 1 saturated heterocycles. The number of rotatable bonds is 4. The van der Waals surface area contributed by atoms with E-state index in [1.807, 2.05) is 0 Å². The van der Waals surface area contributed by atoms with E-state index >= 15 is 0 Å². The topological polar surface area (TPSA) is 72.6 Å². The molecule has 0 saturated carbocycles. The summed E-state index contributed by atoms with van der Waals surface area (Å²) >= 11 is 12.0. The van der Waals surface area contributed by atoms with Gasteiger partial charge in [0.15, 0.2) is 0 Å². The van der Waals surface area contributed by atoms with Crippen molar-refractivity contribution in [2.75, 3.05) is 20.2 Å². The summed E-state index contributed by atoms with van der Waals surface area (Å²) in [5.41, 5.74) is 6.14. The maximum atomic E-state index is 12.7. The number of benzene rings is 1. The van der Waals surface area contributed by atoms with Crippen LogP contribution in [0.3, 0.4) is 0 Å². The quantitative estimate of drug-likeness (QED) is 0.901. The Morgan fingerprint density at radius 1 is 1.29 bits per heavy atom. The monoisotopic (exact) mass is 352 g/mol. The molecule has 21 heavy (non-hydrogen) atoms. The van der Waals surface area contributed by atoms with Crippen LogP contribution in [-0.2, 0) is 21.3 Å². The van der Waals surface area contributed by atoms with Crippen molar-refractivity contribution in [1.82, 2.24) is 4.31 Å². The van der Waals surface area contributed by atoms with Crippen LogP contribution in [-0.4, -0.2) is 39.0 Å². The first-order chi connectivity index (χ1) is 9.90. The Morgan fingerprint density at radius 2 is 1.90 bits per heavy atom. The lowest BCUT2D eigenvalue weighted by atomic mass is 10.1. The summed E-state index contributed by atoms with van der Waals surface area (Å²) in [5, 5.41) is 0.491. The standard InChI is InChI=1S/C13H18Cl2N2O3S/c1-20-10-2-4-17(5-3-10)21(18,19)13-6-9(8-16)11(14)7-12(13)15/h6-7,10H,2-5,8,16H2,1H3. The van der Waals surface area contributed by atoms with Crippen molar-refractivity contribution in [3.8, 4) is 0 Å². The molecule has 0 amide bonds. The van der Waals surface area contributed by atoms with E-state index in [0.717, 1.165) is 0 Å². The molecule has 1 aliphatic rings. The van der Waals surface area contributed by atoms with Crippen molar-refractivity contribution >= 4 is 33.2 Å². The van der Waals surface area contributed by atoms with Crippen molar-refractivity contribution in [3.05, 3.63) is 27.7 Å². The molecule has 0 bridgehead atoms. The van der Waals surface area contributed by atoms with Gasteiger partial charge in [0.25, 0.3) is 0 Å². The Bertz CT molecular complexity index is 614. The van der Waals surface area contributed by atoms with Gasteiger partial charge in [0, 0.05) is 31.8 Å². The molecule has 0 aliphatic carbocycles. The van der Waals surface area contributed by atoms with E-state index in [1.165, 1.54) is 16.4 Å². The molecular weight excluding hydrogens is 335 g/mol. The minimum atomic E-state index is -3.64. The molecule has 5 nitrogen and oxygen atoms in total. The number of sulfonamides is 1. The van der Waals surface area contributed by atoms with Gasteiger partial charge < -0.3 is 10.5 Å². The van der Waals surface area contributed by atoms with Gasteiger partial charge in [-0.25, -0.2) is 8.42 Å². The Morgan fingerprint density at radius 3 is 2.43 bits per heavy atom. The first-order valence-electron chi connectivity index (χ1n) is 6.61. The van der Waals surface area contributed by atoms with Crippen LogP contribution in [0.15, 0.2) is 17.0 Å². The van der Waals surface area contributed by atoms with Crippen LogP contribution < -0.4 is 5.73 Å². The summed E-state index contributed by atoms with van der Waals surface area (Å²) in [7, 11) is -2.00. The summed E-state index contributed by atoms with van der Waals surface area (Å²) in [6.45, 7) is 0.986. The van der Waals surface area contributed by atoms with Gasteiger partial charge in [-0.1, -0.05) is 23.2 Å². The molecule has 1 fully saturated rings. The third-order valence-electron chi connectivity index (χ3n) is 3.67. The number of methoxy groups -OCH3 is 1. The van der Waals surface area contributed by atoms with Gasteiger partial charge in [-0.15, -0.1) is 0 Å². The zero-order valence-corrected chi connectivity index (χ0v) is 14.0. The van der Waals surface area contributed by atoms with Gasteiger partial charge in [-0.05, 0) is 30.5 Å². The fourth-order valence-electron chi connectivity index (χ4n) is 2.37. The third-order valence-corrected chi connectivity index (χ3v) is 6.39. The lowest BCUT2D eigenvalue weighted by Gasteiger charge is -2.30. The van der Waals surface area contributed by atoms with Crippen LogP contribution in [0.4, 0.5) is 0 Å². The third kappa shape index (κ3) is 3.52. The summed E-state index contributed by atoms with van der Waals surface area (Å²) in [5.74, 6) is 0. The molecule has 0 atom stereocenters. The molecule has 2 N–H and O–H groups in total. The van der Waals surface area contributed by atoms with Gasteiger partial charge in [-0.2, -0.15) is 4.31 Å². The number of piperidine rings is 1. The molecule has 1 aromatic carbocycles. The molecule has 0 spiro atoms. The first kappa shape index (κ1) is 17.0. The summed E-state index contributed by atoms with van der Waals surface area (Å²) in [6, 6.07) is 2.89. The molecule has 118 valence electrons. The van der Waals surface area contributed by atoms with Gasteiger partial charge >= 0.3 is 0 Å². The van der Waals surface area contributed by atoms with E-state index in [-0.39, 0.29) is 22.6 Å². The highest BCUT2D eigenvalue weighted by Gasteiger charge is 2.31. The van der Waals surface area contributed by atoms with Crippen molar-refractivity contribution in [3.63, 3.8) is 0 Å². The van der Waals surface area contributed by atoms with Crippen molar-refractivity contribution in [2.24, 2.45) is 5.73 Å². The zero-order valence-electron chi connectivity index (χ0n) is 11.7. The Kier molecular flexibility index (Phi) is 5.51. The van der Waals surface area contributed by atoms with Crippen LogP contribution >= 0.6 is 23.2 Å². The van der Waals surface area contributed by atoms with Gasteiger partial charge in [0.2, 0.25) is 10.0 Å². The van der Waals surface area contributed by atoms with Crippen LogP contribution in [0.5, 0.6) is 0 Å². The van der Waals surface area contributed by atoms with Crippen LogP contribution in [0.1, 0.15) is 18.4 Å². The molecular formula is C13H18Cl2N2O3S. The molecule has 1 heterocycles. The summed E-state index contributed by atoms with van der Waals surface area (Å²) < 4.78 is 32.1. The predicted molar refractivity (Wildman–Crippen MR) is 83.1 cm³/mol. The molecule has 8 heteroatoms. The molecule has 1 aromatic rings. The maximum Gasteiger partial charge on any atom is 0.244 e. The molecule has 2 rings (SSSR count). The van der Waals surface area contributed by atoms with Crippen LogP contribution in [0.25, 0.3) is 0 Å². The van der Waals surface area contributed by atoms with Gasteiger partial charge in [0.05, 0.1) is 11.1 Å². The highest BCUT2D eigenvalue weighted by Crippen LogP contribution is 2.31. The molecule has 1 aliphatic heterocycles. The molecule has 0 unspecified atom stereocenters. The van der Waals surface area contributed by atoms with E-state index in [9.17, 15) is 8.42 Å². The number of halogens is 2. The van der Waals surface area contributed by atoms with E-state index in [0.29, 0.717) is 36.5 Å². The van der Waals surface area contributed by atoms with Crippen LogP contribution in [0.2, 0.25) is 10.0 Å². The average molecular weight is 353 g/mol. The number of ether oxygens (including phenoxy) is 1. The Labute approximate surface area is 135 Å². The minimum Gasteiger partial charge on any atom is -0.381 e. The first-order valence-corrected chi connectivity index (χ1v) is 8.80. The Hall–Kier alpha value is -0.370. The normalized spacial score (nSPS) is 18.1. The predicted octanol–water partition coefficient (Wildman–Crippen LogP) is 2.25. The van der Waals surface area contributed by atoms with E-state index in [4.69, 9.17) is 33.7 Å². The number of nitrogens with two attached hydrogens (primary N) is 1. The number of hydrogen-bond donors (Lipinski definition) is 1. The largest absolute Gasteiger partial charge is 0.381 e. The van der Waals surface area contributed by atoms with Crippen molar-refractivity contribution in [2.45, 2.75) is 30.4 Å². The SMILES string of the molecule is COC1CCN(S(=O)(=O)c2cc(CN)c(Cl)cc2Cl)CC1. The highest BCUT2D eigenvalue weighted by atomic mass is 35.5. The molecule has 0 aromatic heterocycles. The number of nitrogens with zero attached hydrogens (tertiary/aromatic N) is 1. The highest BCUT2D eigenvalue weighted by molar-refractivity contribution is 7.89. The Balaban J connectivity index is 2.32. The van der Waals surface area contributed by atoms with Crippen molar-refractivity contribution < 1.29 is 13.2 Å². The fourth-order valence-corrected chi connectivity index (χ4v) is 4.69. The fraction of sp³-hybridized carbons (Fsp3) is 0.538. The lowest BCUT2D eigenvalue weighted by Crippen LogP contribution is -2.40. The second-order valence-corrected chi connectivity index (χ2v) is 7.64. The number of hydrogen-bond acceptors (Lipinski definition) is 4. The van der Waals surface area contributed by atoms with E-state index in [2.05, 4.69) is 0 Å². The van der Waals surface area contributed by atoms with Gasteiger partial charge in [-0.3, -0.25) is 0 Å². The van der Waals surface area contributed by atoms with E-state index < -0.39 is 10.0 Å². The van der Waals surface area contributed by atoms with Crippen LogP contribution in [0, 0.1) is 0 Å². The second-order valence-electron chi connectivity index (χ2n) is 4.92. The van der Waals surface area contributed by atoms with Crippen molar-refractivity contribution in [1.29, 1.82) is 0 Å². The average Bonchev–Trinajstić information content (AvgIpc) is 2.47. The second kappa shape index (κ2) is 6.81. The zero-order chi connectivity index (χ0) is 15.6. The summed E-state index contributed by atoms with van der Waals surface area (Å²) in [4.78, 5) is 0.0601. The lowest BCUT2D eigenvalue weighted by molar-refractivity contribution is 0.0604. The van der Waals surface area contributed by atoms with E-state index in [1.54, 1.807) is 7.11 Å².